The van der Waals surface area contributed by atoms with Gasteiger partial charge in [-0.3, -0.25) is 0 Å². The fourth-order valence-corrected chi connectivity index (χ4v) is 2.41. The van der Waals surface area contributed by atoms with Gasteiger partial charge in [-0.2, -0.15) is 0 Å². The van der Waals surface area contributed by atoms with E-state index >= 15 is 0 Å². The summed E-state index contributed by atoms with van der Waals surface area (Å²) in [5.41, 5.74) is 1.57. The molecule has 0 unspecified atom stereocenters. The number of rotatable bonds is 6. The second-order valence-electron chi connectivity index (χ2n) is 5.18. The van der Waals surface area contributed by atoms with E-state index in [1.54, 1.807) is 24.3 Å². The molecule has 1 aromatic heterocycles. The molecule has 3 aromatic rings. The van der Waals surface area contributed by atoms with Gasteiger partial charge in [0.15, 0.2) is 0 Å². The summed E-state index contributed by atoms with van der Waals surface area (Å²) in [6.07, 6.45) is 1.46. The Bertz CT molecular complexity index is 761. The molecule has 2 N–H and O–H groups in total. The average Bonchev–Trinajstić information content (AvgIpc) is 2.61. The zero-order valence-electron chi connectivity index (χ0n) is 12.8. The van der Waals surface area contributed by atoms with Gasteiger partial charge in [0.05, 0.1) is 0 Å². The van der Waals surface area contributed by atoms with Crippen LogP contribution >= 0.6 is 11.6 Å². The highest BCUT2D eigenvalue weighted by Crippen LogP contribution is 2.17. The molecule has 4 nitrogen and oxygen atoms in total. The zero-order chi connectivity index (χ0) is 16.8. The largest absolute Gasteiger partial charge is 0.366 e. The molecule has 0 radical (unpaired) electrons. The van der Waals surface area contributed by atoms with E-state index in [0.29, 0.717) is 35.3 Å². The molecule has 6 heteroatoms. The number of hydrogen-bond acceptors (Lipinski definition) is 4. The van der Waals surface area contributed by atoms with Crippen molar-refractivity contribution < 1.29 is 4.39 Å². The maximum absolute atomic E-state index is 13.6. The first-order valence-electron chi connectivity index (χ1n) is 7.49. The smallest absolute Gasteiger partial charge is 0.131 e. The van der Waals surface area contributed by atoms with Crippen molar-refractivity contribution in [2.45, 2.75) is 13.1 Å². The summed E-state index contributed by atoms with van der Waals surface area (Å²) in [7, 11) is 0. The molecule has 0 spiro atoms. The first-order chi connectivity index (χ1) is 11.7. The normalized spacial score (nSPS) is 10.4. The van der Waals surface area contributed by atoms with E-state index in [0.717, 1.165) is 5.56 Å². The van der Waals surface area contributed by atoms with Crippen LogP contribution in [0.2, 0.25) is 5.02 Å². The number of benzene rings is 2. The third kappa shape index (κ3) is 4.20. The molecule has 3 rings (SSSR count). The Morgan fingerprint density at radius 1 is 0.833 bits per heavy atom. The lowest BCUT2D eigenvalue weighted by Crippen LogP contribution is -2.06. The Hall–Kier alpha value is -2.66. The summed E-state index contributed by atoms with van der Waals surface area (Å²) in [6.45, 7) is 0.914. The van der Waals surface area contributed by atoms with Crippen LogP contribution in [0.5, 0.6) is 0 Å². The molecule has 0 aliphatic heterocycles. The quantitative estimate of drug-likeness (QED) is 0.692. The van der Waals surface area contributed by atoms with E-state index in [1.165, 1.54) is 12.4 Å². The molecule has 0 atom stereocenters. The van der Waals surface area contributed by atoms with Crippen molar-refractivity contribution in [2.24, 2.45) is 0 Å². The number of halogens is 2. The van der Waals surface area contributed by atoms with Gasteiger partial charge in [-0.05, 0) is 17.7 Å². The number of nitrogens with one attached hydrogen (secondary N) is 2. The first-order valence-corrected chi connectivity index (χ1v) is 7.87. The Morgan fingerprint density at radius 2 is 1.42 bits per heavy atom. The second kappa shape index (κ2) is 7.75. The van der Waals surface area contributed by atoms with E-state index in [9.17, 15) is 4.39 Å². The molecule has 0 fully saturated rings. The predicted molar refractivity (Wildman–Crippen MR) is 94.5 cm³/mol. The summed E-state index contributed by atoms with van der Waals surface area (Å²) in [5.74, 6) is 1.05. The average molecular weight is 343 g/mol. The van der Waals surface area contributed by atoms with Gasteiger partial charge in [0.1, 0.15) is 23.8 Å². The third-order valence-corrected chi connectivity index (χ3v) is 3.87. The summed E-state index contributed by atoms with van der Waals surface area (Å²) >= 11 is 6.13. The van der Waals surface area contributed by atoms with Gasteiger partial charge in [-0.1, -0.05) is 48.0 Å². The van der Waals surface area contributed by atoms with Crippen molar-refractivity contribution in [3.8, 4) is 0 Å². The lowest BCUT2D eigenvalue weighted by Gasteiger charge is -2.10. The summed E-state index contributed by atoms with van der Waals surface area (Å²) in [4.78, 5) is 8.32. The van der Waals surface area contributed by atoms with E-state index in [2.05, 4.69) is 20.6 Å². The van der Waals surface area contributed by atoms with Gasteiger partial charge in [0, 0.05) is 29.7 Å². The van der Waals surface area contributed by atoms with Gasteiger partial charge in [-0.15, -0.1) is 0 Å². The standard InChI is InChI=1S/C18H16ClFN4/c19-15-7-3-1-5-13(15)10-21-17-9-18(24-12-23-17)22-11-14-6-2-4-8-16(14)20/h1-9,12H,10-11H2,(H2,21,22,23,24). The van der Waals surface area contributed by atoms with Crippen LogP contribution in [0.3, 0.4) is 0 Å². The minimum atomic E-state index is -0.240. The number of aromatic nitrogens is 2. The fraction of sp³-hybridized carbons (Fsp3) is 0.111. The Kier molecular flexibility index (Phi) is 5.23. The van der Waals surface area contributed by atoms with Crippen LogP contribution in [0, 0.1) is 5.82 Å². The van der Waals surface area contributed by atoms with Crippen LogP contribution in [0.1, 0.15) is 11.1 Å². The van der Waals surface area contributed by atoms with Crippen LogP contribution in [0.15, 0.2) is 60.9 Å². The van der Waals surface area contributed by atoms with Crippen LogP contribution in [0.4, 0.5) is 16.0 Å². The lowest BCUT2D eigenvalue weighted by molar-refractivity contribution is 0.613. The van der Waals surface area contributed by atoms with Gasteiger partial charge >= 0.3 is 0 Å². The molecule has 0 bridgehead atoms. The molecular weight excluding hydrogens is 327 g/mol. The minimum Gasteiger partial charge on any atom is -0.366 e. The van der Waals surface area contributed by atoms with Crippen molar-refractivity contribution in [1.29, 1.82) is 0 Å². The van der Waals surface area contributed by atoms with Crippen molar-refractivity contribution in [3.05, 3.63) is 82.9 Å². The second-order valence-corrected chi connectivity index (χ2v) is 5.59. The first kappa shape index (κ1) is 16.2. The number of nitrogens with zero attached hydrogens (tertiary/aromatic N) is 2. The maximum Gasteiger partial charge on any atom is 0.131 e. The van der Waals surface area contributed by atoms with E-state index in [-0.39, 0.29) is 5.82 Å². The molecule has 0 aliphatic carbocycles. The van der Waals surface area contributed by atoms with E-state index in [1.807, 2.05) is 24.3 Å². The maximum atomic E-state index is 13.6. The van der Waals surface area contributed by atoms with E-state index < -0.39 is 0 Å². The predicted octanol–water partition coefficient (Wildman–Crippen LogP) is 4.49. The molecular formula is C18H16ClFN4. The third-order valence-electron chi connectivity index (χ3n) is 3.50. The lowest BCUT2D eigenvalue weighted by atomic mass is 10.2. The van der Waals surface area contributed by atoms with E-state index in [4.69, 9.17) is 11.6 Å². The van der Waals surface area contributed by atoms with Crippen LogP contribution < -0.4 is 10.6 Å². The van der Waals surface area contributed by atoms with Crippen LogP contribution in [-0.4, -0.2) is 9.97 Å². The monoisotopic (exact) mass is 342 g/mol. The van der Waals surface area contributed by atoms with Crippen LogP contribution in [0.25, 0.3) is 0 Å². The molecule has 0 saturated carbocycles. The summed E-state index contributed by atoms with van der Waals surface area (Å²) in [6, 6.07) is 16.0. The topological polar surface area (TPSA) is 49.8 Å². The van der Waals surface area contributed by atoms with Gasteiger partial charge in [0.2, 0.25) is 0 Å². The fourth-order valence-electron chi connectivity index (χ4n) is 2.21. The van der Waals surface area contributed by atoms with Crippen molar-refractivity contribution in [3.63, 3.8) is 0 Å². The number of anilines is 2. The highest BCUT2D eigenvalue weighted by atomic mass is 35.5. The highest BCUT2D eigenvalue weighted by molar-refractivity contribution is 6.31. The molecule has 1 heterocycles. The molecule has 24 heavy (non-hydrogen) atoms. The van der Waals surface area contributed by atoms with Crippen molar-refractivity contribution in [2.75, 3.05) is 10.6 Å². The molecule has 2 aromatic carbocycles. The highest BCUT2D eigenvalue weighted by Gasteiger charge is 2.03. The van der Waals surface area contributed by atoms with Gasteiger partial charge in [0.25, 0.3) is 0 Å². The molecule has 0 aliphatic rings. The van der Waals surface area contributed by atoms with Crippen molar-refractivity contribution >= 4 is 23.2 Å². The SMILES string of the molecule is Fc1ccccc1CNc1cc(NCc2ccccc2Cl)ncn1. The molecule has 122 valence electrons. The van der Waals surface area contributed by atoms with Gasteiger partial charge in [-0.25, -0.2) is 14.4 Å². The number of hydrogen-bond donors (Lipinski definition) is 2. The Morgan fingerprint density at radius 3 is 2.08 bits per heavy atom. The summed E-state index contributed by atoms with van der Waals surface area (Å²) < 4.78 is 13.6. The van der Waals surface area contributed by atoms with Crippen LogP contribution in [-0.2, 0) is 13.1 Å². The van der Waals surface area contributed by atoms with Crippen molar-refractivity contribution in [1.82, 2.24) is 9.97 Å². The molecule has 0 saturated heterocycles. The molecule has 0 amide bonds. The Labute approximate surface area is 144 Å². The minimum absolute atomic E-state index is 0.240. The Balaban J connectivity index is 1.62. The zero-order valence-corrected chi connectivity index (χ0v) is 13.6. The van der Waals surface area contributed by atoms with Gasteiger partial charge < -0.3 is 10.6 Å². The summed E-state index contributed by atoms with van der Waals surface area (Å²) in [5, 5.41) is 7.00.